The zero-order chi connectivity index (χ0) is 17.1. The number of hydrogen-bond acceptors (Lipinski definition) is 4. The molecule has 4 heteroatoms. The van der Waals surface area contributed by atoms with Gasteiger partial charge in [0, 0.05) is 11.8 Å². The number of unbranched alkanes of at least 4 members (excludes halogenated alkanes) is 1. The molecule has 0 fully saturated rings. The molecule has 0 spiro atoms. The molecule has 4 nitrogen and oxygen atoms in total. The van der Waals surface area contributed by atoms with E-state index < -0.39 is 0 Å². The van der Waals surface area contributed by atoms with Crippen molar-refractivity contribution in [3.05, 3.63) is 53.2 Å². The molecule has 0 radical (unpaired) electrons. The van der Waals surface area contributed by atoms with Crippen LogP contribution in [0.1, 0.15) is 36.5 Å². The summed E-state index contributed by atoms with van der Waals surface area (Å²) < 4.78 is 9.67. The number of nitrogens with zero attached hydrogens (tertiary/aromatic N) is 1. The van der Waals surface area contributed by atoms with Crippen LogP contribution in [0.25, 0.3) is 0 Å². The van der Waals surface area contributed by atoms with Gasteiger partial charge >= 0.3 is 0 Å². The molecule has 0 amide bonds. The Bertz CT molecular complexity index is 594. The zero-order valence-electron chi connectivity index (χ0n) is 14.3. The van der Waals surface area contributed by atoms with Crippen molar-refractivity contribution >= 4 is 6.47 Å². The Labute approximate surface area is 138 Å². The summed E-state index contributed by atoms with van der Waals surface area (Å²) >= 11 is 0. The van der Waals surface area contributed by atoms with Gasteiger partial charge in [0.2, 0.25) is 5.88 Å². The van der Waals surface area contributed by atoms with E-state index in [-0.39, 0.29) is 0 Å². The molecular weight excluding hydrogens is 290 g/mol. The fourth-order valence-corrected chi connectivity index (χ4v) is 2.03. The van der Waals surface area contributed by atoms with Crippen molar-refractivity contribution in [3.8, 4) is 11.6 Å². The van der Waals surface area contributed by atoms with Crippen molar-refractivity contribution in [1.82, 2.24) is 4.98 Å². The molecule has 0 unspecified atom stereocenters. The van der Waals surface area contributed by atoms with E-state index in [0.717, 1.165) is 23.3 Å². The van der Waals surface area contributed by atoms with Crippen molar-refractivity contribution in [3.63, 3.8) is 0 Å². The lowest BCUT2D eigenvalue weighted by Crippen LogP contribution is -1.92. The lowest BCUT2D eigenvalue weighted by molar-refractivity contribution is -0.126. The lowest BCUT2D eigenvalue weighted by atomic mass is 10.1. The van der Waals surface area contributed by atoms with Crippen LogP contribution in [0.2, 0.25) is 0 Å². The predicted molar refractivity (Wildman–Crippen MR) is 91.9 cm³/mol. The fourth-order valence-electron chi connectivity index (χ4n) is 2.03. The summed E-state index contributed by atoms with van der Waals surface area (Å²) in [6.45, 7) is 6.64. The molecule has 0 atom stereocenters. The molecule has 0 saturated heterocycles. The third kappa shape index (κ3) is 6.96. The first kappa shape index (κ1) is 18.7. The number of carbonyl (C=O) groups is 1. The summed E-state index contributed by atoms with van der Waals surface area (Å²) in [6, 6.07) is 10.4. The molecule has 0 saturated carbocycles. The number of ether oxygens (including phenoxy) is 2. The number of aromatic nitrogens is 1. The number of carbonyl (C=O) groups excluding carboxylic acids is 1. The molecule has 2 aromatic rings. The van der Waals surface area contributed by atoms with Gasteiger partial charge in [0.05, 0.1) is 7.11 Å². The highest BCUT2D eigenvalue weighted by molar-refractivity contribution is 5.36. The third-order valence-corrected chi connectivity index (χ3v) is 3.22. The summed E-state index contributed by atoms with van der Waals surface area (Å²) in [5.41, 5.74) is 3.58. The van der Waals surface area contributed by atoms with E-state index in [4.69, 9.17) is 9.53 Å². The molecule has 1 heterocycles. The largest absolute Gasteiger partial charge is 0.471 e. The molecule has 0 N–H and O–H groups in total. The van der Waals surface area contributed by atoms with Crippen molar-refractivity contribution in [2.24, 2.45) is 0 Å². The zero-order valence-corrected chi connectivity index (χ0v) is 14.3. The van der Waals surface area contributed by atoms with Gasteiger partial charge in [-0.15, -0.1) is 0 Å². The van der Waals surface area contributed by atoms with E-state index >= 15 is 0 Å². The number of benzene rings is 1. The van der Waals surface area contributed by atoms with E-state index in [1.165, 1.54) is 25.5 Å². The predicted octanol–water partition coefficient (Wildman–Crippen LogP) is 4.62. The molecule has 0 bridgehead atoms. The smallest absolute Gasteiger partial charge is 0.292 e. The number of methoxy groups -OCH3 is 1. The van der Waals surface area contributed by atoms with Crippen molar-refractivity contribution < 1.29 is 14.3 Å². The van der Waals surface area contributed by atoms with E-state index in [2.05, 4.69) is 34.8 Å². The monoisotopic (exact) mass is 315 g/mol. The van der Waals surface area contributed by atoms with E-state index in [1.807, 2.05) is 32.2 Å². The minimum Gasteiger partial charge on any atom is -0.471 e. The minimum atomic E-state index is 0.375. The van der Waals surface area contributed by atoms with Gasteiger partial charge in [-0.05, 0) is 56.0 Å². The van der Waals surface area contributed by atoms with Crippen LogP contribution in [0.5, 0.6) is 11.6 Å². The first-order chi connectivity index (χ1) is 11.1. The Morgan fingerprint density at radius 3 is 2.35 bits per heavy atom. The van der Waals surface area contributed by atoms with Gasteiger partial charge < -0.3 is 9.47 Å². The SMILES string of the molecule is CCCCc1ccc(Oc2ncc(C)cc2C)cc1.COC=O. The number of pyridine rings is 1. The molecule has 0 aliphatic carbocycles. The maximum atomic E-state index is 8.95. The topological polar surface area (TPSA) is 48.4 Å². The Kier molecular flexibility index (Phi) is 8.43. The lowest BCUT2D eigenvalue weighted by Gasteiger charge is -2.08. The Hall–Kier alpha value is -2.36. The average Bonchev–Trinajstić information content (AvgIpc) is 2.57. The van der Waals surface area contributed by atoms with Gasteiger partial charge in [0.15, 0.2) is 0 Å². The molecular formula is C19H25NO3. The van der Waals surface area contributed by atoms with Crippen LogP contribution >= 0.6 is 0 Å². The summed E-state index contributed by atoms with van der Waals surface area (Å²) in [5, 5.41) is 0. The second-order valence-corrected chi connectivity index (χ2v) is 5.32. The van der Waals surface area contributed by atoms with Gasteiger partial charge in [-0.2, -0.15) is 0 Å². The molecule has 0 aliphatic rings. The highest BCUT2D eigenvalue weighted by atomic mass is 16.5. The van der Waals surface area contributed by atoms with Crippen LogP contribution in [-0.4, -0.2) is 18.6 Å². The first-order valence-corrected chi connectivity index (χ1v) is 7.77. The minimum absolute atomic E-state index is 0.375. The average molecular weight is 315 g/mol. The number of hydrogen-bond donors (Lipinski definition) is 0. The maximum absolute atomic E-state index is 8.95. The van der Waals surface area contributed by atoms with Crippen LogP contribution in [0.3, 0.4) is 0 Å². The van der Waals surface area contributed by atoms with Crippen LogP contribution in [-0.2, 0) is 16.0 Å². The molecule has 0 aliphatic heterocycles. The molecule has 23 heavy (non-hydrogen) atoms. The highest BCUT2D eigenvalue weighted by Gasteiger charge is 2.03. The number of aryl methyl sites for hydroxylation is 3. The highest BCUT2D eigenvalue weighted by Crippen LogP contribution is 2.23. The second kappa shape index (κ2) is 10.4. The summed E-state index contributed by atoms with van der Waals surface area (Å²) in [7, 11) is 1.31. The molecule has 1 aromatic carbocycles. The maximum Gasteiger partial charge on any atom is 0.292 e. The Morgan fingerprint density at radius 1 is 1.17 bits per heavy atom. The Balaban J connectivity index is 0.000000593. The second-order valence-electron chi connectivity index (χ2n) is 5.32. The van der Waals surface area contributed by atoms with Crippen molar-refractivity contribution in [1.29, 1.82) is 0 Å². The van der Waals surface area contributed by atoms with Gasteiger partial charge in [0.25, 0.3) is 6.47 Å². The van der Waals surface area contributed by atoms with E-state index in [0.29, 0.717) is 12.4 Å². The van der Waals surface area contributed by atoms with Crippen molar-refractivity contribution in [2.45, 2.75) is 40.0 Å². The van der Waals surface area contributed by atoms with E-state index in [9.17, 15) is 0 Å². The third-order valence-electron chi connectivity index (χ3n) is 3.22. The number of rotatable bonds is 6. The quantitative estimate of drug-likeness (QED) is 0.730. The van der Waals surface area contributed by atoms with Crippen LogP contribution < -0.4 is 4.74 Å². The Morgan fingerprint density at radius 2 is 1.83 bits per heavy atom. The summed E-state index contributed by atoms with van der Waals surface area (Å²) in [5.74, 6) is 1.53. The summed E-state index contributed by atoms with van der Waals surface area (Å²) in [6.07, 6.45) is 5.43. The van der Waals surface area contributed by atoms with Gasteiger partial charge in [-0.3, -0.25) is 4.79 Å². The van der Waals surface area contributed by atoms with E-state index in [1.54, 1.807) is 0 Å². The normalized spacial score (nSPS) is 9.57. The van der Waals surface area contributed by atoms with Crippen molar-refractivity contribution in [2.75, 3.05) is 7.11 Å². The molecule has 124 valence electrons. The first-order valence-electron chi connectivity index (χ1n) is 7.77. The van der Waals surface area contributed by atoms with Crippen LogP contribution in [0.15, 0.2) is 36.5 Å². The van der Waals surface area contributed by atoms with Gasteiger partial charge in [0.1, 0.15) is 5.75 Å². The molecule has 2 rings (SSSR count). The van der Waals surface area contributed by atoms with Gasteiger partial charge in [-0.1, -0.05) is 25.5 Å². The fraction of sp³-hybridized carbons (Fsp3) is 0.368. The molecule has 1 aromatic heterocycles. The van der Waals surface area contributed by atoms with Crippen LogP contribution in [0, 0.1) is 13.8 Å². The standard InChI is InChI=1S/C17H21NO.C2H4O2/c1-4-5-6-15-7-9-16(10-8-15)19-17-14(3)11-13(2)12-18-17;1-4-2-3/h7-12H,4-6H2,1-3H3;2H,1H3. The van der Waals surface area contributed by atoms with Gasteiger partial charge in [-0.25, -0.2) is 4.98 Å². The summed E-state index contributed by atoms with van der Waals surface area (Å²) in [4.78, 5) is 13.3. The van der Waals surface area contributed by atoms with Crippen LogP contribution in [0.4, 0.5) is 0 Å².